The summed E-state index contributed by atoms with van der Waals surface area (Å²) in [5, 5.41) is 3.39. The Bertz CT molecular complexity index is 270. The van der Waals surface area contributed by atoms with E-state index in [2.05, 4.69) is 19.2 Å². The zero-order chi connectivity index (χ0) is 10.6. The molecule has 1 heterocycles. The summed E-state index contributed by atoms with van der Waals surface area (Å²) in [6.07, 6.45) is 0. The molecule has 2 atom stereocenters. The normalized spacial score (nSPS) is 15.4. The van der Waals surface area contributed by atoms with Crippen molar-refractivity contribution in [2.24, 2.45) is 0 Å². The Morgan fingerprint density at radius 1 is 1.43 bits per heavy atom. The van der Waals surface area contributed by atoms with Crippen LogP contribution < -0.4 is 5.32 Å². The van der Waals surface area contributed by atoms with Gasteiger partial charge in [-0.3, -0.25) is 0 Å². The first-order valence-electron chi connectivity index (χ1n) is 4.94. The van der Waals surface area contributed by atoms with Gasteiger partial charge in [-0.2, -0.15) is 0 Å². The van der Waals surface area contributed by atoms with Crippen molar-refractivity contribution in [1.29, 1.82) is 0 Å². The van der Waals surface area contributed by atoms with Crippen molar-refractivity contribution < 1.29 is 9.15 Å². The first-order chi connectivity index (χ1) is 6.63. The number of hydrogen-bond acceptors (Lipinski definition) is 3. The highest BCUT2D eigenvalue weighted by Crippen LogP contribution is 2.15. The van der Waals surface area contributed by atoms with E-state index in [0.29, 0.717) is 12.6 Å². The van der Waals surface area contributed by atoms with Crippen molar-refractivity contribution in [3.8, 4) is 0 Å². The molecule has 1 N–H and O–H groups in total. The largest absolute Gasteiger partial charge is 0.465 e. The monoisotopic (exact) mass is 197 g/mol. The van der Waals surface area contributed by atoms with Gasteiger partial charge in [0.2, 0.25) is 0 Å². The average molecular weight is 197 g/mol. The zero-order valence-corrected chi connectivity index (χ0v) is 9.33. The number of ether oxygens (including phenoxy) is 1. The van der Waals surface area contributed by atoms with Crippen LogP contribution in [-0.2, 0) is 4.74 Å². The van der Waals surface area contributed by atoms with Gasteiger partial charge in [-0.15, -0.1) is 0 Å². The topological polar surface area (TPSA) is 34.4 Å². The smallest absolute Gasteiger partial charge is 0.120 e. The Labute approximate surface area is 85.4 Å². The summed E-state index contributed by atoms with van der Waals surface area (Å²) in [4.78, 5) is 0. The van der Waals surface area contributed by atoms with Crippen molar-refractivity contribution in [2.45, 2.75) is 32.9 Å². The molecule has 3 heteroatoms. The highest BCUT2D eigenvalue weighted by atomic mass is 16.5. The maximum atomic E-state index is 5.52. The van der Waals surface area contributed by atoms with Crippen molar-refractivity contribution in [1.82, 2.24) is 5.32 Å². The van der Waals surface area contributed by atoms with Gasteiger partial charge in [-0.05, 0) is 32.9 Å². The number of furan rings is 1. The van der Waals surface area contributed by atoms with E-state index in [4.69, 9.17) is 9.15 Å². The molecular formula is C11H19NO2. The lowest BCUT2D eigenvalue weighted by Crippen LogP contribution is -2.32. The quantitative estimate of drug-likeness (QED) is 0.786. The van der Waals surface area contributed by atoms with Crippen LogP contribution in [0.5, 0.6) is 0 Å². The Morgan fingerprint density at radius 3 is 2.64 bits per heavy atom. The Morgan fingerprint density at radius 2 is 2.14 bits per heavy atom. The lowest BCUT2D eigenvalue weighted by atomic mass is 10.2. The molecule has 0 fully saturated rings. The maximum Gasteiger partial charge on any atom is 0.120 e. The minimum atomic E-state index is 0.230. The summed E-state index contributed by atoms with van der Waals surface area (Å²) >= 11 is 0. The molecule has 0 aromatic carbocycles. The van der Waals surface area contributed by atoms with Crippen LogP contribution in [-0.4, -0.2) is 19.8 Å². The first kappa shape index (κ1) is 11.3. The van der Waals surface area contributed by atoms with E-state index in [-0.39, 0.29) is 6.04 Å². The molecule has 0 aliphatic rings. The van der Waals surface area contributed by atoms with Gasteiger partial charge in [0, 0.05) is 13.2 Å². The fourth-order valence-corrected chi connectivity index (χ4v) is 1.49. The minimum Gasteiger partial charge on any atom is -0.465 e. The number of hydrogen-bond donors (Lipinski definition) is 1. The molecule has 0 aliphatic heterocycles. The van der Waals surface area contributed by atoms with Crippen LogP contribution in [0.4, 0.5) is 0 Å². The number of methoxy groups -OCH3 is 1. The Kier molecular flexibility index (Phi) is 4.17. The standard InChI is InChI=1S/C11H19NO2/c1-8(7-13-4)12-10(3)11-6-5-9(2)14-11/h5-6,8,10,12H,7H2,1-4H3/t8-,10-/m1/s1. The molecule has 0 spiro atoms. The summed E-state index contributed by atoms with van der Waals surface area (Å²) < 4.78 is 10.6. The highest BCUT2D eigenvalue weighted by molar-refractivity contribution is 5.08. The molecule has 1 aromatic heterocycles. The van der Waals surface area contributed by atoms with E-state index in [0.717, 1.165) is 11.5 Å². The van der Waals surface area contributed by atoms with E-state index in [1.54, 1.807) is 7.11 Å². The van der Waals surface area contributed by atoms with Crippen LogP contribution in [0, 0.1) is 6.92 Å². The summed E-state index contributed by atoms with van der Waals surface area (Å²) in [6, 6.07) is 4.55. The van der Waals surface area contributed by atoms with Crippen LogP contribution in [0.15, 0.2) is 16.5 Å². The maximum absolute atomic E-state index is 5.52. The van der Waals surface area contributed by atoms with Gasteiger partial charge in [-0.25, -0.2) is 0 Å². The summed E-state index contributed by atoms with van der Waals surface area (Å²) in [6.45, 7) is 6.85. The van der Waals surface area contributed by atoms with Gasteiger partial charge in [0.1, 0.15) is 11.5 Å². The minimum absolute atomic E-state index is 0.230. The third kappa shape index (κ3) is 3.16. The number of rotatable bonds is 5. The van der Waals surface area contributed by atoms with Crippen molar-refractivity contribution in [3.05, 3.63) is 23.7 Å². The van der Waals surface area contributed by atoms with E-state index >= 15 is 0 Å². The molecule has 14 heavy (non-hydrogen) atoms. The third-order valence-electron chi connectivity index (χ3n) is 2.14. The van der Waals surface area contributed by atoms with E-state index in [1.165, 1.54) is 0 Å². The highest BCUT2D eigenvalue weighted by Gasteiger charge is 2.11. The van der Waals surface area contributed by atoms with Gasteiger partial charge >= 0.3 is 0 Å². The van der Waals surface area contributed by atoms with Gasteiger partial charge in [0.15, 0.2) is 0 Å². The molecular weight excluding hydrogens is 178 g/mol. The Hall–Kier alpha value is -0.800. The molecule has 80 valence electrons. The molecule has 0 radical (unpaired) electrons. The SMILES string of the molecule is COC[C@@H](C)N[C@H](C)c1ccc(C)o1. The van der Waals surface area contributed by atoms with Gasteiger partial charge in [0.25, 0.3) is 0 Å². The summed E-state index contributed by atoms with van der Waals surface area (Å²) in [5.41, 5.74) is 0. The fraction of sp³-hybridized carbons (Fsp3) is 0.636. The predicted molar refractivity (Wildman–Crippen MR) is 56.3 cm³/mol. The molecule has 0 amide bonds. The number of aryl methyl sites for hydroxylation is 1. The zero-order valence-electron chi connectivity index (χ0n) is 9.33. The average Bonchev–Trinajstić information content (AvgIpc) is 2.52. The van der Waals surface area contributed by atoms with Crippen LogP contribution in [0.3, 0.4) is 0 Å². The van der Waals surface area contributed by atoms with Crippen LogP contribution >= 0.6 is 0 Å². The Balaban J connectivity index is 2.45. The molecule has 0 saturated carbocycles. The molecule has 0 saturated heterocycles. The predicted octanol–water partition coefficient (Wildman–Crippen LogP) is 2.27. The molecule has 0 aliphatic carbocycles. The first-order valence-corrected chi connectivity index (χ1v) is 4.94. The van der Waals surface area contributed by atoms with Gasteiger partial charge < -0.3 is 14.5 Å². The second kappa shape index (κ2) is 5.17. The van der Waals surface area contributed by atoms with Crippen LogP contribution in [0.25, 0.3) is 0 Å². The van der Waals surface area contributed by atoms with Crippen molar-refractivity contribution in [2.75, 3.05) is 13.7 Å². The molecule has 1 aromatic rings. The second-order valence-electron chi connectivity index (χ2n) is 3.69. The fourth-order valence-electron chi connectivity index (χ4n) is 1.49. The molecule has 0 unspecified atom stereocenters. The van der Waals surface area contributed by atoms with Crippen molar-refractivity contribution in [3.63, 3.8) is 0 Å². The van der Waals surface area contributed by atoms with E-state index < -0.39 is 0 Å². The molecule has 3 nitrogen and oxygen atoms in total. The lowest BCUT2D eigenvalue weighted by molar-refractivity contribution is 0.165. The van der Waals surface area contributed by atoms with E-state index in [1.807, 2.05) is 19.1 Å². The molecule has 1 rings (SSSR count). The van der Waals surface area contributed by atoms with Crippen molar-refractivity contribution >= 4 is 0 Å². The lowest BCUT2D eigenvalue weighted by Gasteiger charge is -2.17. The molecule has 0 bridgehead atoms. The number of nitrogens with one attached hydrogen (secondary N) is 1. The van der Waals surface area contributed by atoms with Crippen LogP contribution in [0.2, 0.25) is 0 Å². The third-order valence-corrected chi connectivity index (χ3v) is 2.14. The summed E-state index contributed by atoms with van der Waals surface area (Å²) in [5.74, 6) is 1.93. The van der Waals surface area contributed by atoms with Gasteiger partial charge in [0.05, 0.1) is 12.6 Å². The van der Waals surface area contributed by atoms with E-state index in [9.17, 15) is 0 Å². The van der Waals surface area contributed by atoms with Crippen LogP contribution in [0.1, 0.15) is 31.4 Å². The summed E-state index contributed by atoms with van der Waals surface area (Å²) in [7, 11) is 1.71. The van der Waals surface area contributed by atoms with Gasteiger partial charge in [-0.1, -0.05) is 0 Å². The second-order valence-corrected chi connectivity index (χ2v) is 3.69.